The van der Waals surface area contributed by atoms with Crippen molar-refractivity contribution in [2.24, 2.45) is 0 Å². The second kappa shape index (κ2) is 7.97. The lowest BCUT2D eigenvalue weighted by Crippen LogP contribution is -2.14. The summed E-state index contributed by atoms with van der Waals surface area (Å²) in [6.45, 7) is 0. The minimum Gasteiger partial charge on any atom is -0.424 e. The fourth-order valence-electron chi connectivity index (χ4n) is 2.53. The van der Waals surface area contributed by atoms with Crippen molar-refractivity contribution in [3.05, 3.63) is 47.1 Å². The number of benzene rings is 1. The summed E-state index contributed by atoms with van der Waals surface area (Å²) in [4.78, 5) is 14.6. The predicted octanol–water partition coefficient (Wildman–Crippen LogP) is 5.77. The first-order valence-corrected chi connectivity index (χ1v) is 8.50. The van der Waals surface area contributed by atoms with Crippen molar-refractivity contribution in [2.75, 3.05) is 0 Å². The number of ether oxygens (including phenoxy) is 1. The van der Waals surface area contributed by atoms with Crippen molar-refractivity contribution in [3.8, 4) is 11.8 Å². The molecule has 3 rings (SSSR count). The van der Waals surface area contributed by atoms with Crippen LogP contribution < -0.4 is 4.74 Å². The topological polar surface area (TPSA) is 60.8 Å². The average Bonchev–Trinajstić information content (AvgIpc) is 2.61. The van der Waals surface area contributed by atoms with Crippen molar-refractivity contribution >= 4 is 22.5 Å². The van der Waals surface area contributed by atoms with Gasteiger partial charge in [-0.3, -0.25) is 0 Å². The number of aromatic nitrogens is 4. The highest BCUT2D eigenvalue weighted by Crippen LogP contribution is 2.35. The molecule has 12 heteroatoms. The molecule has 0 aliphatic heterocycles. The molecular weight excluding hydrogens is 426 g/mol. The SMILES string of the molecule is FC(F)(F)CCCc1nc(C(F)(F)F)nc2cccc(Oc3ncc(Cl)cn3)c12. The molecule has 0 spiro atoms. The molecular formula is C17H11ClF6N4O. The Labute approximate surface area is 164 Å². The lowest BCUT2D eigenvalue weighted by Gasteiger charge is -2.14. The maximum atomic E-state index is 13.1. The summed E-state index contributed by atoms with van der Waals surface area (Å²) in [5.74, 6) is -1.42. The van der Waals surface area contributed by atoms with E-state index in [9.17, 15) is 26.3 Å². The van der Waals surface area contributed by atoms with Crippen LogP contribution in [-0.4, -0.2) is 26.1 Å². The highest BCUT2D eigenvalue weighted by molar-refractivity contribution is 6.30. The highest BCUT2D eigenvalue weighted by atomic mass is 35.5. The van der Waals surface area contributed by atoms with Crippen LogP contribution in [0.4, 0.5) is 26.3 Å². The molecule has 0 fully saturated rings. The van der Waals surface area contributed by atoms with E-state index in [-0.39, 0.29) is 39.8 Å². The quantitative estimate of drug-likeness (QED) is 0.475. The lowest BCUT2D eigenvalue weighted by molar-refractivity contribution is -0.145. The van der Waals surface area contributed by atoms with Crippen LogP contribution in [0.5, 0.6) is 11.8 Å². The molecule has 0 radical (unpaired) electrons. The van der Waals surface area contributed by atoms with Gasteiger partial charge >= 0.3 is 18.4 Å². The Hall–Kier alpha value is -2.69. The zero-order valence-electron chi connectivity index (χ0n) is 14.4. The Bertz CT molecular complexity index is 1010. The first-order chi connectivity index (χ1) is 13.5. The number of nitrogens with zero attached hydrogens (tertiary/aromatic N) is 4. The number of halogens is 7. The first-order valence-electron chi connectivity index (χ1n) is 8.12. The van der Waals surface area contributed by atoms with E-state index in [4.69, 9.17) is 16.3 Å². The Morgan fingerprint density at radius 3 is 2.28 bits per heavy atom. The number of hydrogen-bond acceptors (Lipinski definition) is 5. The Balaban J connectivity index is 2.06. The van der Waals surface area contributed by atoms with Gasteiger partial charge in [-0.05, 0) is 25.0 Å². The van der Waals surface area contributed by atoms with Gasteiger partial charge in [-0.2, -0.15) is 26.3 Å². The number of fused-ring (bicyclic) bond motifs is 1. The van der Waals surface area contributed by atoms with E-state index in [0.29, 0.717) is 0 Å². The Morgan fingerprint density at radius 1 is 0.966 bits per heavy atom. The molecule has 2 heterocycles. The van der Waals surface area contributed by atoms with Gasteiger partial charge in [-0.1, -0.05) is 17.7 Å². The van der Waals surface area contributed by atoms with Gasteiger partial charge in [-0.25, -0.2) is 19.9 Å². The van der Waals surface area contributed by atoms with Gasteiger partial charge in [0.25, 0.3) is 0 Å². The maximum absolute atomic E-state index is 13.1. The molecule has 3 aromatic rings. The first kappa shape index (κ1) is 21.0. The van der Waals surface area contributed by atoms with Crippen LogP contribution in [0.3, 0.4) is 0 Å². The zero-order valence-corrected chi connectivity index (χ0v) is 15.1. The van der Waals surface area contributed by atoms with Crippen molar-refractivity contribution in [2.45, 2.75) is 31.6 Å². The van der Waals surface area contributed by atoms with Crippen LogP contribution in [-0.2, 0) is 12.6 Å². The second-order valence-corrected chi connectivity index (χ2v) is 6.33. The fraction of sp³-hybridized carbons (Fsp3) is 0.294. The number of rotatable bonds is 5. The molecule has 2 aromatic heterocycles. The fourth-order valence-corrected chi connectivity index (χ4v) is 2.62. The van der Waals surface area contributed by atoms with Crippen molar-refractivity contribution in [3.63, 3.8) is 0 Å². The molecule has 0 aliphatic carbocycles. The summed E-state index contributed by atoms with van der Waals surface area (Å²) in [7, 11) is 0. The summed E-state index contributed by atoms with van der Waals surface area (Å²) in [6.07, 6.45) is -8.77. The van der Waals surface area contributed by atoms with E-state index < -0.39 is 31.0 Å². The van der Waals surface area contributed by atoms with Gasteiger partial charge in [-0.15, -0.1) is 0 Å². The van der Waals surface area contributed by atoms with Gasteiger partial charge < -0.3 is 4.74 Å². The molecule has 154 valence electrons. The minimum absolute atomic E-state index is 0.0144. The van der Waals surface area contributed by atoms with Gasteiger partial charge in [0.05, 0.1) is 34.0 Å². The standard InChI is InChI=1S/C17H11ClF6N4O/c18-9-7-25-15(26-8-9)29-12-5-1-3-10-13(12)11(4-2-6-16(19,20)21)28-14(27-10)17(22,23)24/h1,3,5,7-8H,2,4,6H2. The second-order valence-electron chi connectivity index (χ2n) is 5.90. The van der Waals surface area contributed by atoms with Crippen molar-refractivity contribution in [1.82, 2.24) is 19.9 Å². The normalized spacial score (nSPS) is 12.4. The van der Waals surface area contributed by atoms with E-state index in [1.165, 1.54) is 30.6 Å². The monoisotopic (exact) mass is 436 g/mol. The molecule has 0 unspecified atom stereocenters. The molecule has 0 saturated heterocycles. The summed E-state index contributed by atoms with van der Waals surface area (Å²) in [5, 5.41) is 0.294. The van der Waals surface area contributed by atoms with Gasteiger partial charge in [0.2, 0.25) is 5.82 Å². The molecule has 0 atom stereocenters. The van der Waals surface area contributed by atoms with E-state index >= 15 is 0 Å². The van der Waals surface area contributed by atoms with Crippen LogP contribution in [0.2, 0.25) is 5.02 Å². The highest BCUT2D eigenvalue weighted by Gasteiger charge is 2.36. The summed E-state index contributed by atoms with van der Waals surface area (Å²) in [6, 6.07) is 3.93. The summed E-state index contributed by atoms with van der Waals surface area (Å²) >= 11 is 5.69. The molecule has 0 aliphatic rings. The summed E-state index contributed by atoms with van der Waals surface area (Å²) in [5.41, 5.74) is -0.336. The minimum atomic E-state index is -4.86. The molecule has 29 heavy (non-hydrogen) atoms. The van der Waals surface area contributed by atoms with Crippen molar-refractivity contribution in [1.29, 1.82) is 0 Å². The Kier molecular flexibility index (Phi) is 5.78. The average molecular weight is 437 g/mol. The van der Waals surface area contributed by atoms with Crippen LogP contribution in [0, 0.1) is 0 Å². The zero-order chi connectivity index (χ0) is 21.2. The third-order valence-corrected chi connectivity index (χ3v) is 3.88. The molecule has 1 aromatic carbocycles. The molecule has 0 saturated carbocycles. The van der Waals surface area contributed by atoms with E-state index in [2.05, 4.69) is 19.9 Å². The maximum Gasteiger partial charge on any atom is 0.451 e. The largest absolute Gasteiger partial charge is 0.451 e. The molecule has 0 bridgehead atoms. The predicted molar refractivity (Wildman–Crippen MR) is 90.6 cm³/mol. The smallest absolute Gasteiger partial charge is 0.424 e. The van der Waals surface area contributed by atoms with Crippen LogP contribution >= 0.6 is 11.6 Å². The van der Waals surface area contributed by atoms with Gasteiger partial charge in [0.1, 0.15) is 5.75 Å². The van der Waals surface area contributed by atoms with Gasteiger partial charge in [0, 0.05) is 6.42 Å². The van der Waals surface area contributed by atoms with Crippen molar-refractivity contribution < 1.29 is 31.1 Å². The summed E-state index contributed by atoms with van der Waals surface area (Å²) < 4.78 is 82.3. The van der Waals surface area contributed by atoms with Gasteiger partial charge in [0.15, 0.2) is 0 Å². The Morgan fingerprint density at radius 2 is 1.66 bits per heavy atom. The van der Waals surface area contributed by atoms with Crippen LogP contribution in [0.15, 0.2) is 30.6 Å². The van der Waals surface area contributed by atoms with Crippen LogP contribution in [0.1, 0.15) is 24.4 Å². The molecule has 0 amide bonds. The molecule has 5 nitrogen and oxygen atoms in total. The van der Waals surface area contributed by atoms with E-state index in [1.54, 1.807) is 0 Å². The number of hydrogen-bond donors (Lipinski definition) is 0. The van der Waals surface area contributed by atoms with Crippen LogP contribution in [0.25, 0.3) is 10.9 Å². The molecule has 0 N–H and O–H groups in total. The lowest BCUT2D eigenvalue weighted by atomic mass is 10.1. The third kappa shape index (κ3) is 5.43. The van der Waals surface area contributed by atoms with E-state index in [1.807, 2.05) is 0 Å². The third-order valence-electron chi connectivity index (χ3n) is 3.69. The number of alkyl halides is 6. The number of aryl methyl sites for hydroxylation is 1. The van der Waals surface area contributed by atoms with E-state index in [0.717, 1.165) is 0 Å².